The highest BCUT2D eigenvalue weighted by molar-refractivity contribution is 9.10. The molecule has 0 bridgehead atoms. The van der Waals surface area contributed by atoms with Crippen LogP contribution in [0, 0.1) is 0 Å². The van der Waals surface area contributed by atoms with Crippen LogP contribution < -0.4 is 10.2 Å². The molecule has 0 unspecified atom stereocenters. The zero-order valence-electron chi connectivity index (χ0n) is 9.91. The molecule has 0 radical (unpaired) electrons. The van der Waals surface area contributed by atoms with Crippen molar-refractivity contribution >= 4 is 32.4 Å². The Hall–Kier alpha value is -0.390. The van der Waals surface area contributed by atoms with Crippen LogP contribution in [0.25, 0.3) is 0 Å². The highest BCUT2D eigenvalue weighted by atomic mass is 79.9. The minimum Gasteiger partial charge on any atom is -0.369 e. The smallest absolute Gasteiger partial charge is 0.0413 e. The highest BCUT2D eigenvalue weighted by Gasteiger charge is 2.17. The second-order valence-corrected chi connectivity index (χ2v) is 6.75. The van der Waals surface area contributed by atoms with E-state index in [2.05, 4.69) is 44.3 Å². The summed E-state index contributed by atoms with van der Waals surface area (Å²) >= 11 is 3.50. The predicted molar refractivity (Wildman–Crippen MR) is 77.0 cm³/mol. The molecule has 2 rings (SSSR count). The van der Waals surface area contributed by atoms with Gasteiger partial charge in [0.25, 0.3) is 0 Å². The molecule has 17 heavy (non-hydrogen) atoms. The quantitative estimate of drug-likeness (QED) is 0.922. The third kappa shape index (κ3) is 3.30. The van der Waals surface area contributed by atoms with Gasteiger partial charge in [0.1, 0.15) is 0 Å². The minimum atomic E-state index is -0.616. The largest absolute Gasteiger partial charge is 0.369 e. The van der Waals surface area contributed by atoms with Crippen molar-refractivity contribution in [3.63, 3.8) is 0 Å². The lowest BCUT2D eigenvalue weighted by Gasteiger charge is -2.30. The highest BCUT2D eigenvalue weighted by Crippen LogP contribution is 2.25. The Kier molecular flexibility index (Phi) is 4.59. The average Bonchev–Trinajstić information content (AvgIpc) is 2.31. The van der Waals surface area contributed by atoms with Gasteiger partial charge < -0.3 is 10.2 Å². The molecule has 1 aliphatic heterocycles. The van der Waals surface area contributed by atoms with E-state index in [0.717, 1.165) is 35.6 Å². The van der Waals surface area contributed by atoms with Crippen LogP contribution in [0.3, 0.4) is 0 Å². The first-order valence-electron chi connectivity index (χ1n) is 5.73. The van der Waals surface area contributed by atoms with E-state index < -0.39 is 10.8 Å². The summed E-state index contributed by atoms with van der Waals surface area (Å²) in [5, 5.41) is 3.19. The molecule has 1 saturated heterocycles. The molecule has 1 fully saturated rings. The molecule has 1 N–H and O–H groups in total. The van der Waals surface area contributed by atoms with Crippen molar-refractivity contribution < 1.29 is 4.21 Å². The maximum Gasteiger partial charge on any atom is 0.0413 e. The summed E-state index contributed by atoms with van der Waals surface area (Å²) in [6, 6.07) is 6.36. The number of nitrogens with zero attached hydrogens (tertiary/aromatic N) is 1. The normalized spacial score (nSPS) is 17.4. The average molecular weight is 317 g/mol. The van der Waals surface area contributed by atoms with Crippen molar-refractivity contribution in [2.45, 2.75) is 6.54 Å². The Balaban J connectivity index is 2.21. The maximum atomic E-state index is 11.4. The molecule has 0 aliphatic carbocycles. The Labute approximate surface area is 113 Å². The summed E-state index contributed by atoms with van der Waals surface area (Å²) in [7, 11) is 1.34. The molecule has 0 aromatic heterocycles. The standard InChI is InChI=1S/C12H17BrN2OS/c1-14-9-10-8-11(13)2-3-12(10)15-4-6-17(16)7-5-15/h2-3,8,14H,4-7,9H2,1H3. The molecule has 1 heterocycles. The predicted octanol–water partition coefficient (Wildman–Crippen LogP) is 1.74. The number of anilines is 1. The van der Waals surface area contributed by atoms with E-state index in [9.17, 15) is 4.21 Å². The molecule has 0 amide bonds. The van der Waals surface area contributed by atoms with Gasteiger partial charge in [0, 0.05) is 52.1 Å². The van der Waals surface area contributed by atoms with Crippen LogP contribution in [0.15, 0.2) is 22.7 Å². The third-order valence-corrected chi connectivity index (χ3v) is 4.70. The monoisotopic (exact) mass is 316 g/mol. The van der Waals surface area contributed by atoms with Gasteiger partial charge in [-0.1, -0.05) is 15.9 Å². The Morgan fingerprint density at radius 1 is 1.41 bits per heavy atom. The summed E-state index contributed by atoms with van der Waals surface area (Å²) in [5.74, 6) is 1.57. The molecule has 1 aliphatic rings. The fourth-order valence-electron chi connectivity index (χ4n) is 2.07. The SMILES string of the molecule is CNCc1cc(Br)ccc1N1CCS(=O)CC1. The fourth-order valence-corrected chi connectivity index (χ4v) is 3.53. The summed E-state index contributed by atoms with van der Waals surface area (Å²) in [5.41, 5.74) is 2.55. The number of benzene rings is 1. The van der Waals surface area contributed by atoms with E-state index in [4.69, 9.17) is 0 Å². The van der Waals surface area contributed by atoms with Gasteiger partial charge in [-0.05, 0) is 30.8 Å². The van der Waals surface area contributed by atoms with Crippen molar-refractivity contribution in [2.75, 3.05) is 36.5 Å². The van der Waals surface area contributed by atoms with E-state index in [1.165, 1.54) is 11.3 Å². The minimum absolute atomic E-state index is 0.616. The molecule has 3 nitrogen and oxygen atoms in total. The van der Waals surface area contributed by atoms with Crippen molar-refractivity contribution in [1.82, 2.24) is 5.32 Å². The van der Waals surface area contributed by atoms with Crippen molar-refractivity contribution in [2.24, 2.45) is 0 Å². The second kappa shape index (κ2) is 5.98. The van der Waals surface area contributed by atoms with Crippen LogP contribution in [-0.4, -0.2) is 35.9 Å². The Bertz CT molecular complexity index is 415. The summed E-state index contributed by atoms with van der Waals surface area (Å²) < 4.78 is 12.5. The molecule has 0 atom stereocenters. The Morgan fingerprint density at radius 2 is 2.12 bits per heavy atom. The van der Waals surface area contributed by atoms with Crippen LogP contribution >= 0.6 is 15.9 Å². The van der Waals surface area contributed by atoms with Crippen LogP contribution in [0.5, 0.6) is 0 Å². The molecule has 94 valence electrons. The van der Waals surface area contributed by atoms with E-state index in [0.29, 0.717) is 0 Å². The number of halogens is 1. The second-order valence-electron chi connectivity index (χ2n) is 4.14. The van der Waals surface area contributed by atoms with Crippen molar-refractivity contribution in [3.05, 3.63) is 28.2 Å². The fraction of sp³-hybridized carbons (Fsp3) is 0.500. The molecule has 0 saturated carbocycles. The first-order chi connectivity index (χ1) is 8.20. The first kappa shape index (κ1) is 13.1. The molecule has 1 aromatic rings. The first-order valence-corrected chi connectivity index (χ1v) is 8.02. The molecule has 0 spiro atoms. The van der Waals surface area contributed by atoms with Crippen LogP contribution in [0.1, 0.15) is 5.56 Å². The lowest BCUT2D eigenvalue weighted by atomic mass is 10.1. The summed E-state index contributed by atoms with van der Waals surface area (Å²) in [4.78, 5) is 2.33. The van der Waals surface area contributed by atoms with Crippen LogP contribution in [0.2, 0.25) is 0 Å². The van der Waals surface area contributed by atoms with Crippen LogP contribution in [-0.2, 0) is 17.3 Å². The van der Waals surface area contributed by atoms with Crippen LogP contribution in [0.4, 0.5) is 5.69 Å². The zero-order valence-corrected chi connectivity index (χ0v) is 12.3. The number of hydrogen-bond acceptors (Lipinski definition) is 3. The van der Waals surface area contributed by atoms with Gasteiger partial charge in [-0.15, -0.1) is 0 Å². The van der Waals surface area contributed by atoms with Crippen molar-refractivity contribution in [1.29, 1.82) is 0 Å². The molecular formula is C12H17BrN2OS. The third-order valence-electron chi connectivity index (χ3n) is 2.93. The summed E-state index contributed by atoms with van der Waals surface area (Å²) in [6.45, 7) is 2.64. The van der Waals surface area contributed by atoms with E-state index in [-0.39, 0.29) is 0 Å². The number of rotatable bonds is 3. The zero-order chi connectivity index (χ0) is 12.3. The van der Waals surface area contributed by atoms with Gasteiger partial charge in [0.05, 0.1) is 0 Å². The van der Waals surface area contributed by atoms with Gasteiger partial charge in [0.15, 0.2) is 0 Å². The summed E-state index contributed by atoms with van der Waals surface area (Å²) in [6.07, 6.45) is 0. The maximum absolute atomic E-state index is 11.4. The number of hydrogen-bond donors (Lipinski definition) is 1. The molecule has 1 aromatic carbocycles. The van der Waals surface area contributed by atoms with Gasteiger partial charge in [-0.3, -0.25) is 4.21 Å². The van der Waals surface area contributed by atoms with E-state index >= 15 is 0 Å². The van der Waals surface area contributed by atoms with E-state index in [1.807, 2.05) is 7.05 Å². The van der Waals surface area contributed by atoms with Gasteiger partial charge >= 0.3 is 0 Å². The van der Waals surface area contributed by atoms with Gasteiger partial charge in [-0.25, -0.2) is 0 Å². The van der Waals surface area contributed by atoms with Gasteiger partial charge in [0.2, 0.25) is 0 Å². The van der Waals surface area contributed by atoms with Gasteiger partial charge in [-0.2, -0.15) is 0 Å². The topological polar surface area (TPSA) is 32.3 Å². The van der Waals surface area contributed by atoms with Crippen molar-refractivity contribution in [3.8, 4) is 0 Å². The lowest BCUT2D eigenvalue weighted by molar-refractivity contribution is 0.672. The molecule has 5 heteroatoms. The Morgan fingerprint density at radius 3 is 2.76 bits per heavy atom. The molecular weight excluding hydrogens is 300 g/mol. The number of nitrogens with one attached hydrogen (secondary N) is 1. The lowest BCUT2D eigenvalue weighted by Crippen LogP contribution is -2.38. The van der Waals surface area contributed by atoms with E-state index in [1.54, 1.807) is 0 Å².